The molecule has 0 saturated heterocycles. The second kappa shape index (κ2) is 13.5. The Hall–Kier alpha value is -1.79. The highest BCUT2D eigenvalue weighted by atomic mass is 19.4. The van der Waals surface area contributed by atoms with Crippen LogP contribution in [0.25, 0.3) is 0 Å². The second-order valence-electron chi connectivity index (χ2n) is 10.5. The second-order valence-corrected chi connectivity index (χ2v) is 10.5. The Balaban J connectivity index is 1.34. The van der Waals surface area contributed by atoms with Crippen LogP contribution in [0.3, 0.4) is 0 Å². The summed E-state index contributed by atoms with van der Waals surface area (Å²) in [4.78, 5) is 12.6. The minimum atomic E-state index is -5.09. The number of carbonyl (C=O) groups excluding carboxylic acids is 1. The first-order valence-electron chi connectivity index (χ1n) is 13.5. The van der Waals surface area contributed by atoms with Gasteiger partial charge in [0.05, 0.1) is 5.92 Å². The van der Waals surface area contributed by atoms with Gasteiger partial charge in [0, 0.05) is 0 Å². The molecule has 0 aromatic heterocycles. The fourth-order valence-electron chi connectivity index (χ4n) is 5.78. The molecule has 1 aromatic rings. The van der Waals surface area contributed by atoms with Gasteiger partial charge in [-0.3, -0.25) is 4.79 Å². The minimum Gasteiger partial charge on any atom is -0.452 e. The van der Waals surface area contributed by atoms with Crippen molar-refractivity contribution in [1.29, 1.82) is 0 Å². The SMILES string of the molecule is CCCCCCCC1CCC(C2CCC(C(=O)Oc3ccc(OC(F)C(F)(F)F)cc3)CC2)CC1. The molecule has 0 heterocycles. The Labute approximate surface area is 206 Å². The molecule has 0 spiro atoms. The number of alkyl halides is 4. The summed E-state index contributed by atoms with van der Waals surface area (Å²) in [5.74, 6) is 1.88. The Morgan fingerprint density at radius 2 is 1.40 bits per heavy atom. The van der Waals surface area contributed by atoms with E-state index in [1.165, 1.54) is 88.5 Å². The first kappa shape index (κ1) is 27.8. The van der Waals surface area contributed by atoms with Crippen LogP contribution >= 0.6 is 0 Å². The number of ether oxygens (including phenoxy) is 2. The summed E-state index contributed by atoms with van der Waals surface area (Å²) >= 11 is 0. The molecule has 1 unspecified atom stereocenters. The van der Waals surface area contributed by atoms with Crippen LogP contribution in [0.5, 0.6) is 11.5 Å². The maximum absolute atomic E-state index is 13.0. The zero-order valence-electron chi connectivity index (χ0n) is 20.8. The van der Waals surface area contributed by atoms with Crippen molar-refractivity contribution in [3.8, 4) is 11.5 Å². The monoisotopic (exact) mass is 500 g/mol. The van der Waals surface area contributed by atoms with Gasteiger partial charge in [-0.2, -0.15) is 17.6 Å². The summed E-state index contributed by atoms with van der Waals surface area (Å²) in [5.41, 5.74) is 0. The number of unbranched alkanes of at least 4 members (excludes halogenated alkanes) is 4. The van der Waals surface area contributed by atoms with Crippen LogP contribution in [0.4, 0.5) is 17.6 Å². The van der Waals surface area contributed by atoms with Gasteiger partial charge in [-0.05, 0) is 80.5 Å². The molecule has 3 rings (SSSR count). The highest BCUT2D eigenvalue weighted by Crippen LogP contribution is 2.42. The van der Waals surface area contributed by atoms with E-state index in [9.17, 15) is 22.4 Å². The van der Waals surface area contributed by atoms with Gasteiger partial charge in [0.2, 0.25) is 0 Å². The standard InChI is InChI=1S/C28H40F4O3/c1-2-3-4-5-6-7-20-8-10-21(11-9-20)22-12-14-23(15-13-22)26(33)34-24-16-18-25(19-17-24)35-27(29)28(30,31)32/h16-23,27H,2-15H2,1H3. The summed E-state index contributed by atoms with van der Waals surface area (Å²) in [6, 6.07) is 4.98. The predicted molar refractivity (Wildman–Crippen MR) is 128 cm³/mol. The molecule has 0 N–H and O–H groups in total. The van der Waals surface area contributed by atoms with Gasteiger partial charge in [-0.25, -0.2) is 0 Å². The number of hydrogen-bond donors (Lipinski definition) is 0. The van der Waals surface area contributed by atoms with Crippen molar-refractivity contribution in [1.82, 2.24) is 0 Å². The minimum absolute atomic E-state index is 0.151. The van der Waals surface area contributed by atoms with Crippen molar-refractivity contribution < 1.29 is 31.8 Å². The Kier molecular flexibility index (Phi) is 10.7. The van der Waals surface area contributed by atoms with E-state index in [0.29, 0.717) is 5.92 Å². The maximum atomic E-state index is 13.0. The number of esters is 1. The summed E-state index contributed by atoms with van der Waals surface area (Å²) in [5, 5.41) is 0. The normalized spacial score (nSPS) is 26.2. The Morgan fingerprint density at radius 1 is 0.857 bits per heavy atom. The molecule has 2 saturated carbocycles. The number of halogens is 4. The zero-order chi connectivity index (χ0) is 25.3. The number of benzene rings is 1. The van der Waals surface area contributed by atoms with E-state index < -0.39 is 12.5 Å². The highest BCUT2D eigenvalue weighted by Gasteiger charge is 2.42. The van der Waals surface area contributed by atoms with Crippen molar-refractivity contribution in [2.24, 2.45) is 23.7 Å². The first-order chi connectivity index (χ1) is 16.8. The molecule has 1 atom stereocenters. The summed E-state index contributed by atoms with van der Waals surface area (Å²) in [6.45, 7) is 2.25. The van der Waals surface area contributed by atoms with Gasteiger partial charge in [0.1, 0.15) is 11.5 Å². The summed E-state index contributed by atoms with van der Waals surface area (Å²) < 4.78 is 59.4. The Bertz CT molecular complexity index is 748. The van der Waals surface area contributed by atoms with Crippen molar-refractivity contribution in [2.45, 2.75) is 109 Å². The molecule has 1 aromatic carbocycles. The van der Waals surface area contributed by atoms with E-state index in [1.54, 1.807) is 0 Å². The predicted octanol–water partition coefficient (Wildman–Crippen LogP) is 8.80. The number of hydrogen-bond acceptors (Lipinski definition) is 3. The van der Waals surface area contributed by atoms with Crippen LogP contribution in [0.15, 0.2) is 24.3 Å². The van der Waals surface area contributed by atoms with Gasteiger partial charge in [0.15, 0.2) is 0 Å². The lowest BCUT2D eigenvalue weighted by molar-refractivity contribution is -0.236. The van der Waals surface area contributed by atoms with Crippen molar-refractivity contribution in [2.75, 3.05) is 0 Å². The van der Waals surface area contributed by atoms with Crippen LogP contribution in [-0.2, 0) is 4.79 Å². The molecule has 198 valence electrons. The fraction of sp³-hybridized carbons (Fsp3) is 0.750. The molecule has 35 heavy (non-hydrogen) atoms. The van der Waals surface area contributed by atoms with Crippen LogP contribution in [0.1, 0.15) is 96.8 Å². The topological polar surface area (TPSA) is 35.5 Å². The summed E-state index contributed by atoms with van der Waals surface area (Å²) in [6.07, 6.45) is 8.77. The largest absolute Gasteiger partial charge is 0.457 e. The molecular weight excluding hydrogens is 460 g/mol. The van der Waals surface area contributed by atoms with Gasteiger partial charge >= 0.3 is 18.5 Å². The average molecular weight is 501 g/mol. The molecule has 2 fully saturated rings. The zero-order valence-corrected chi connectivity index (χ0v) is 20.8. The van der Waals surface area contributed by atoms with E-state index in [-0.39, 0.29) is 23.4 Å². The van der Waals surface area contributed by atoms with E-state index in [2.05, 4.69) is 11.7 Å². The van der Waals surface area contributed by atoms with Gasteiger partial charge in [-0.15, -0.1) is 0 Å². The molecule has 0 amide bonds. The third kappa shape index (κ3) is 8.98. The molecule has 2 aliphatic carbocycles. The lowest BCUT2D eigenvalue weighted by Crippen LogP contribution is -2.30. The molecule has 7 heteroatoms. The fourth-order valence-corrected chi connectivity index (χ4v) is 5.78. The van der Waals surface area contributed by atoms with E-state index in [1.807, 2.05) is 0 Å². The van der Waals surface area contributed by atoms with E-state index >= 15 is 0 Å². The first-order valence-corrected chi connectivity index (χ1v) is 13.5. The third-order valence-electron chi connectivity index (χ3n) is 7.92. The van der Waals surface area contributed by atoms with E-state index in [4.69, 9.17) is 4.74 Å². The molecule has 2 aliphatic rings. The molecule has 3 nitrogen and oxygen atoms in total. The van der Waals surface area contributed by atoms with Crippen LogP contribution < -0.4 is 9.47 Å². The number of rotatable bonds is 11. The van der Waals surface area contributed by atoms with Gasteiger partial charge in [-0.1, -0.05) is 58.3 Å². The lowest BCUT2D eigenvalue weighted by Gasteiger charge is -2.37. The Morgan fingerprint density at radius 3 is 1.97 bits per heavy atom. The molecular formula is C28H40F4O3. The van der Waals surface area contributed by atoms with Crippen molar-refractivity contribution >= 4 is 5.97 Å². The van der Waals surface area contributed by atoms with Crippen LogP contribution in [-0.4, -0.2) is 18.5 Å². The van der Waals surface area contributed by atoms with Gasteiger partial charge in [0.25, 0.3) is 0 Å². The lowest BCUT2D eigenvalue weighted by atomic mass is 9.68. The molecule has 0 radical (unpaired) electrons. The maximum Gasteiger partial charge on any atom is 0.457 e. The van der Waals surface area contributed by atoms with Crippen molar-refractivity contribution in [3.63, 3.8) is 0 Å². The van der Waals surface area contributed by atoms with Gasteiger partial charge < -0.3 is 9.47 Å². The van der Waals surface area contributed by atoms with Crippen LogP contribution in [0.2, 0.25) is 0 Å². The quantitative estimate of drug-likeness (QED) is 0.132. The average Bonchev–Trinajstić information content (AvgIpc) is 2.85. The molecule has 0 bridgehead atoms. The van der Waals surface area contributed by atoms with E-state index in [0.717, 1.165) is 37.5 Å². The summed E-state index contributed by atoms with van der Waals surface area (Å²) in [7, 11) is 0. The van der Waals surface area contributed by atoms with Crippen molar-refractivity contribution in [3.05, 3.63) is 24.3 Å². The third-order valence-corrected chi connectivity index (χ3v) is 7.92. The molecule has 0 aliphatic heterocycles. The smallest absolute Gasteiger partial charge is 0.452 e. The highest BCUT2D eigenvalue weighted by molar-refractivity contribution is 5.75. The van der Waals surface area contributed by atoms with Crippen LogP contribution in [0, 0.1) is 23.7 Å². The number of carbonyl (C=O) groups is 1.